The minimum Gasteiger partial charge on any atom is -0.478 e. The highest BCUT2D eigenvalue weighted by Gasteiger charge is 2.64. The molecular weight excluding hydrogens is 831 g/mol. The molecule has 2 aliphatic carbocycles. The topological polar surface area (TPSA) is 185 Å². The molecule has 0 unspecified atom stereocenters. The van der Waals surface area contributed by atoms with Gasteiger partial charge in [0.05, 0.1) is 17.9 Å². The van der Waals surface area contributed by atoms with Crippen LogP contribution in [0.2, 0.25) is 5.02 Å². The van der Waals surface area contributed by atoms with Crippen LogP contribution in [0.4, 0.5) is 18.0 Å². The molecule has 19 heteroatoms. The number of nitrogens with one attached hydrogen (secondary N) is 2. The Balaban J connectivity index is 1.44. The normalized spacial score (nSPS) is 28.9. The van der Waals surface area contributed by atoms with Crippen LogP contribution in [-0.4, -0.2) is 105 Å². The van der Waals surface area contributed by atoms with Gasteiger partial charge in [-0.1, -0.05) is 50.6 Å². The number of benzene rings is 1. The number of carboxylic acid groups (broad SMARTS) is 1. The standard InChI is InChI=1S/C41H53ClF3N5O9S/c1-7-17-58-31-20-28-27(13-10-14-29(28)42)34(46-31)59-26-19-30-33(51)47-40(36(53)48-60(56,57)39(6)15-16-39)21-25(40)12-9-8-11-23(2)18-24(3)32(35(52)49(30)22-26)50(37(54)55)38(4,5)41(43,44)45/h9-10,12-14,20,23-26,30,32H,7-8,11,15-19,21-22H2,1-6H3,(H,47,51)(H,48,53)(H,54,55)/b12-9-/t23-,24+,25+,26+,30-,32-,40+/m0/s1. The number of alkyl halides is 3. The molecule has 4 aliphatic rings. The Morgan fingerprint density at radius 1 is 1.15 bits per heavy atom. The van der Waals surface area contributed by atoms with E-state index in [-0.39, 0.29) is 41.8 Å². The number of aromatic nitrogens is 1. The Kier molecular flexibility index (Phi) is 12.4. The first kappa shape index (κ1) is 45.2. The number of fused-ring (bicyclic) bond motifs is 3. The summed E-state index contributed by atoms with van der Waals surface area (Å²) in [6, 6.07) is 3.24. The van der Waals surface area contributed by atoms with Crippen molar-refractivity contribution in [3.63, 3.8) is 0 Å². The first-order chi connectivity index (χ1) is 28.0. The summed E-state index contributed by atoms with van der Waals surface area (Å²) in [5.41, 5.74) is -4.79. The number of amides is 4. The van der Waals surface area contributed by atoms with Gasteiger partial charge in [0.15, 0.2) is 0 Å². The number of carbonyl (C=O) groups is 4. The Morgan fingerprint density at radius 2 is 1.85 bits per heavy atom. The van der Waals surface area contributed by atoms with E-state index in [1.807, 2.05) is 13.8 Å². The van der Waals surface area contributed by atoms with Crippen LogP contribution in [-0.2, 0) is 24.4 Å². The van der Waals surface area contributed by atoms with Crippen molar-refractivity contribution in [3.05, 3.63) is 41.4 Å². The fourth-order valence-electron chi connectivity index (χ4n) is 8.30. The summed E-state index contributed by atoms with van der Waals surface area (Å²) >= 11 is 6.55. The summed E-state index contributed by atoms with van der Waals surface area (Å²) in [6.45, 7) is 8.08. The van der Waals surface area contributed by atoms with Gasteiger partial charge >= 0.3 is 12.3 Å². The third kappa shape index (κ3) is 8.72. The van der Waals surface area contributed by atoms with Crippen molar-refractivity contribution in [2.45, 2.75) is 133 Å². The predicted octanol–water partition coefficient (Wildman–Crippen LogP) is 6.60. The Morgan fingerprint density at radius 3 is 2.48 bits per heavy atom. The number of rotatable bonds is 10. The number of pyridine rings is 1. The average molecular weight is 884 g/mol. The second-order valence-electron chi connectivity index (χ2n) is 17.6. The van der Waals surface area contributed by atoms with Gasteiger partial charge in [0.2, 0.25) is 33.6 Å². The number of ether oxygens (including phenoxy) is 2. The van der Waals surface area contributed by atoms with Gasteiger partial charge in [-0.25, -0.2) is 13.2 Å². The molecule has 2 saturated carbocycles. The number of hydrogen-bond acceptors (Lipinski definition) is 9. The summed E-state index contributed by atoms with van der Waals surface area (Å²) in [5.74, 6) is -4.49. The number of carbonyl (C=O) groups excluding carboxylic acids is 3. The van der Waals surface area contributed by atoms with E-state index in [1.54, 1.807) is 36.4 Å². The summed E-state index contributed by atoms with van der Waals surface area (Å²) < 4.78 is 84.0. The van der Waals surface area contributed by atoms with E-state index in [1.165, 1.54) is 13.8 Å². The summed E-state index contributed by atoms with van der Waals surface area (Å²) in [6.07, 6.45) is -2.36. The highest BCUT2D eigenvalue weighted by atomic mass is 35.5. The van der Waals surface area contributed by atoms with E-state index in [0.717, 1.165) is 4.90 Å². The van der Waals surface area contributed by atoms with Crippen molar-refractivity contribution in [3.8, 4) is 11.8 Å². The van der Waals surface area contributed by atoms with Gasteiger partial charge in [0.25, 0.3) is 5.91 Å². The van der Waals surface area contributed by atoms with Gasteiger partial charge in [-0.3, -0.25) is 24.0 Å². The molecule has 0 radical (unpaired) electrons. The van der Waals surface area contributed by atoms with Gasteiger partial charge in [0, 0.05) is 34.2 Å². The molecule has 14 nitrogen and oxygen atoms in total. The van der Waals surface area contributed by atoms with E-state index in [0.29, 0.717) is 68.4 Å². The van der Waals surface area contributed by atoms with E-state index >= 15 is 4.79 Å². The molecule has 1 saturated heterocycles. The first-order valence-electron chi connectivity index (χ1n) is 20.3. The predicted molar refractivity (Wildman–Crippen MR) is 216 cm³/mol. The van der Waals surface area contributed by atoms with Crippen molar-refractivity contribution < 1.29 is 55.3 Å². The number of hydrogen-bond donors (Lipinski definition) is 3. The van der Waals surface area contributed by atoms with Gasteiger partial charge in [-0.2, -0.15) is 18.2 Å². The molecule has 1 aromatic heterocycles. The lowest BCUT2D eigenvalue weighted by molar-refractivity contribution is -0.222. The van der Waals surface area contributed by atoms with Crippen molar-refractivity contribution >= 4 is 56.2 Å². The maximum absolute atomic E-state index is 15.1. The molecule has 330 valence electrons. The van der Waals surface area contributed by atoms with Crippen molar-refractivity contribution in [2.75, 3.05) is 13.2 Å². The fraction of sp³-hybridized carbons (Fsp3) is 0.634. The van der Waals surface area contributed by atoms with Crippen LogP contribution >= 0.6 is 11.6 Å². The summed E-state index contributed by atoms with van der Waals surface area (Å²) in [5, 5.41) is 14.6. The van der Waals surface area contributed by atoms with Crippen LogP contribution in [0.5, 0.6) is 11.8 Å². The van der Waals surface area contributed by atoms with Crippen molar-refractivity contribution in [1.29, 1.82) is 0 Å². The molecule has 6 rings (SSSR count). The van der Waals surface area contributed by atoms with E-state index < -0.39 is 92.4 Å². The third-order valence-corrected chi connectivity index (χ3v) is 15.0. The zero-order valence-corrected chi connectivity index (χ0v) is 36.0. The fourth-order valence-corrected chi connectivity index (χ4v) is 9.84. The average Bonchev–Trinajstić information content (AvgIpc) is 4.04. The molecule has 0 spiro atoms. The maximum atomic E-state index is 15.1. The molecule has 0 bridgehead atoms. The maximum Gasteiger partial charge on any atom is 0.411 e. The van der Waals surface area contributed by atoms with Gasteiger partial charge in [0.1, 0.15) is 29.3 Å². The van der Waals surface area contributed by atoms with Gasteiger partial charge in [-0.15, -0.1) is 0 Å². The lowest BCUT2D eigenvalue weighted by Crippen LogP contribution is -2.66. The zero-order valence-electron chi connectivity index (χ0n) is 34.5. The highest BCUT2D eigenvalue weighted by Crippen LogP contribution is 2.48. The lowest BCUT2D eigenvalue weighted by atomic mass is 9.85. The quantitative estimate of drug-likeness (QED) is 0.220. The van der Waals surface area contributed by atoms with E-state index in [9.17, 15) is 41.1 Å². The molecule has 3 fully saturated rings. The first-order valence-corrected chi connectivity index (χ1v) is 22.2. The minimum absolute atomic E-state index is 0.0350. The van der Waals surface area contributed by atoms with Crippen LogP contribution in [0.1, 0.15) is 92.9 Å². The van der Waals surface area contributed by atoms with Crippen LogP contribution in [0, 0.1) is 17.8 Å². The van der Waals surface area contributed by atoms with Gasteiger partial charge in [-0.05, 0) is 89.7 Å². The second kappa shape index (κ2) is 16.5. The monoisotopic (exact) mass is 883 g/mol. The molecule has 2 aromatic rings. The molecule has 1 aromatic carbocycles. The number of allylic oxidation sites excluding steroid dienone is 1. The summed E-state index contributed by atoms with van der Waals surface area (Å²) in [7, 11) is -4.13. The van der Waals surface area contributed by atoms with Crippen LogP contribution in [0.15, 0.2) is 36.4 Å². The Labute approximate surface area is 352 Å². The highest BCUT2D eigenvalue weighted by molar-refractivity contribution is 7.91. The Hall–Kier alpha value is -4.32. The second-order valence-corrected chi connectivity index (χ2v) is 20.2. The van der Waals surface area contributed by atoms with Crippen LogP contribution in [0.3, 0.4) is 0 Å². The zero-order chi connectivity index (χ0) is 44.2. The molecule has 2 aliphatic heterocycles. The van der Waals surface area contributed by atoms with Gasteiger partial charge < -0.3 is 24.8 Å². The molecule has 7 atom stereocenters. The Bertz CT molecular complexity index is 2170. The number of halogens is 4. The third-order valence-electron chi connectivity index (χ3n) is 12.5. The van der Waals surface area contributed by atoms with E-state index in [2.05, 4.69) is 15.0 Å². The molecule has 60 heavy (non-hydrogen) atoms. The summed E-state index contributed by atoms with van der Waals surface area (Å²) in [4.78, 5) is 62.4. The molecule has 3 N–H and O–H groups in total. The van der Waals surface area contributed by atoms with Crippen LogP contribution in [0.25, 0.3) is 10.8 Å². The van der Waals surface area contributed by atoms with Crippen molar-refractivity contribution in [2.24, 2.45) is 17.8 Å². The van der Waals surface area contributed by atoms with Crippen LogP contribution < -0.4 is 19.5 Å². The SMILES string of the molecule is CCCOc1cc2c(Cl)cccc2c(O[C@@H]2C[C@H]3C(=O)N[C@]4(C(=O)NS(=O)(=O)C5(C)CC5)C[C@H]4/C=C\CC[C@H](C)C[C@@H](C)[C@H](N(C(=O)O)C(C)(C)C(F)(F)F)C(=O)N3C2)n1. The molecule has 4 amide bonds. The van der Waals surface area contributed by atoms with Crippen molar-refractivity contribution in [1.82, 2.24) is 24.8 Å². The largest absolute Gasteiger partial charge is 0.478 e. The molecular formula is C41H53ClF3N5O9S. The smallest absolute Gasteiger partial charge is 0.411 e. The minimum atomic E-state index is -5.11. The number of sulfonamides is 1. The lowest BCUT2D eigenvalue weighted by Gasteiger charge is -2.45. The van der Waals surface area contributed by atoms with E-state index in [4.69, 9.17) is 21.1 Å². The number of nitrogens with zero attached hydrogens (tertiary/aromatic N) is 3. The molecule has 3 heterocycles.